The number of aromatic nitrogens is 1. The van der Waals surface area contributed by atoms with Crippen molar-refractivity contribution in [1.82, 2.24) is 4.57 Å². The van der Waals surface area contributed by atoms with Crippen molar-refractivity contribution >= 4 is 10.9 Å². The van der Waals surface area contributed by atoms with E-state index in [9.17, 15) is 9.50 Å². The van der Waals surface area contributed by atoms with Gasteiger partial charge in [-0.1, -0.05) is 27.7 Å². The van der Waals surface area contributed by atoms with Crippen molar-refractivity contribution in [2.75, 3.05) is 6.61 Å². The molecule has 1 unspecified atom stereocenters. The molecule has 2 rings (SSSR count). The van der Waals surface area contributed by atoms with E-state index >= 15 is 0 Å². The molecule has 0 spiro atoms. The largest absolute Gasteiger partial charge is 0.394 e. The molecule has 0 saturated carbocycles. The van der Waals surface area contributed by atoms with Crippen LogP contribution in [-0.4, -0.2) is 27.5 Å². The quantitative estimate of drug-likeness (QED) is 0.910. The summed E-state index contributed by atoms with van der Waals surface area (Å²) in [6, 6.07) is 5.54. The van der Waals surface area contributed by atoms with Gasteiger partial charge in [-0.05, 0) is 30.2 Å². The highest BCUT2D eigenvalue weighted by atomic mass is 19.1. The molecule has 1 heterocycles. The summed E-state index contributed by atoms with van der Waals surface area (Å²) in [6.07, 6.45) is -0.116. The van der Waals surface area contributed by atoms with E-state index in [0.29, 0.717) is 5.52 Å². The zero-order chi connectivity index (χ0) is 15.8. The van der Waals surface area contributed by atoms with Gasteiger partial charge >= 0.3 is 0 Å². The van der Waals surface area contributed by atoms with Crippen molar-refractivity contribution < 1.29 is 14.6 Å². The van der Waals surface area contributed by atoms with Gasteiger partial charge in [0.25, 0.3) is 0 Å². The van der Waals surface area contributed by atoms with Gasteiger partial charge < -0.3 is 14.8 Å². The molecule has 116 valence electrons. The summed E-state index contributed by atoms with van der Waals surface area (Å²) in [7, 11) is 0. The summed E-state index contributed by atoms with van der Waals surface area (Å²) in [6.45, 7) is 8.02. The third-order valence-electron chi connectivity index (χ3n) is 3.79. The molecule has 0 aliphatic rings. The Balaban J connectivity index is 2.71. The Morgan fingerprint density at radius 3 is 2.43 bits per heavy atom. The summed E-state index contributed by atoms with van der Waals surface area (Å²) in [5.74, 6) is -0.273. The lowest BCUT2D eigenvalue weighted by atomic mass is 9.92. The highest BCUT2D eigenvalue weighted by Gasteiger charge is 2.24. The van der Waals surface area contributed by atoms with Crippen molar-refractivity contribution in [3.8, 4) is 0 Å². The van der Waals surface area contributed by atoms with Crippen molar-refractivity contribution in [2.45, 2.75) is 52.2 Å². The second kappa shape index (κ2) is 5.78. The summed E-state index contributed by atoms with van der Waals surface area (Å²) in [4.78, 5) is 0. The lowest BCUT2D eigenvalue weighted by Gasteiger charge is -2.23. The Kier molecular flexibility index (Phi) is 4.40. The highest BCUT2D eigenvalue weighted by Crippen LogP contribution is 2.32. The number of hydrogen-bond acceptors (Lipinski definition) is 2. The molecule has 2 aromatic rings. The van der Waals surface area contributed by atoms with Gasteiger partial charge in [-0.15, -0.1) is 0 Å². The molecule has 0 radical (unpaired) electrons. The summed E-state index contributed by atoms with van der Waals surface area (Å²) in [5, 5.41) is 19.7. The minimum Gasteiger partial charge on any atom is -0.394 e. The van der Waals surface area contributed by atoms with E-state index in [4.69, 9.17) is 5.11 Å². The molecule has 0 amide bonds. The molecule has 1 atom stereocenters. The third-order valence-corrected chi connectivity index (χ3v) is 3.79. The lowest BCUT2D eigenvalue weighted by Crippen LogP contribution is -2.25. The smallest absolute Gasteiger partial charge is 0.147 e. The number of benzene rings is 1. The zero-order valence-electron chi connectivity index (χ0n) is 13.2. The molecule has 4 heteroatoms. The molecule has 1 aromatic heterocycles. The van der Waals surface area contributed by atoms with Crippen LogP contribution in [0, 0.1) is 5.82 Å². The molecular weight excluding hydrogens is 269 g/mol. The zero-order valence-corrected chi connectivity index (χ0v) is 13.2. The van der Waals surface area contributed by atoms with Crippen molar-refractivity contribution in [3.05, 3.63) is 35.3 Å². The van der Waals surface area contributed by atoms with Crippen LogP contribution in [0.2, 0.25) is 0 Å². The minimum absolute atomic E-state index is 0.174. The van der Waals surface area contributed by atoms with E-state index < -0.39 is 6.10 Å². The average molecular weight is 293 g/mol. The lowest BCUT2D eigenvalue weighted by molar-refractivity contribution is 0.0809. The highest BCUT2D eigenvalue weighted by molar-refractivity contribution is 5.83. The maximum absolute atomic E-state index is 14.5. The standard InChI is InChI=1S/C17H24FNO2/c1-5-11-6-12-8-15(17(2,3)4)19(9-13(21)10-20)16(12)14(18)7-11/h6-8,13,20-21H,5,9-10H2,1-4H3. The van der Waals surface area contributed by atoms with Gasteiger partial charge in [-0.3, -0.25) is 0 Å². The molecule has 0 aliphatic carbocycles. The number of aliphatic hydroxyl groups excluding tert-OH is 2. The number of aliphatic hydroxyl groups is 2. The van der Waals surface area contributed by atoms with Gasteiger partial charge in [0.1, 0.15) is 5.82 Å². The number of nitrogens with zero attached hydrogens (tertiary/aromatic N) is 1. The van der Waals surface area contributed by atoms with Crippen LogP contribution in [0.15, 0.2) is 18.2 Å². The van der Waals surface area contributed by atoms with Crippen LogP contribution in [0.25, 0.3) is 10.9 Å². The molecule has 21 heavy (non-hydrogen) atoms. The van der Waals surface area contributed by atoms with Gasteiger partial charge in [-0.2, -0.15) is 0 Å². The summed E-state index contributed by atoms with van der Waals surface area (Å²) < 4.78 is 16.3. The van der Waals surface area contributed by atoms with Crippen LogP contribution >= 0.6 is 0 Å². The molecular formula is C17H24FNO2. The van der Waals surface area contributed by atoms with E-state index in [0.717, 1.165) is 23.1 Å². The van der Waals surface area contributed by atoms with Crippen LogP contribution < -0.4 is 0 Å². The molecule has 0 bridgehead atoms. The predicted molar refractivity (Wildman–Crippen MR) is 83.1 cm³/mol. The fraction of sp³-hybridized carbons (Fsp3) is 0.529. The van der Waals surface area contributed by atoms with E-state index in [1.807, 2.05) is 19.1 Å². The first-order valence-corrected chi connectivity index (χ1v) is 7.39. The normalized spacial score (nSPS) is 13.9. The van der Waals surface area contributed by atoms with E-state index in [2.05, 4.69) is 20.8 Å². The second-order valence-electron chi connectivity index (χ2n) is 6.60. The minimum atomic E-state index is -0.896. The monoisotopic (exact) mass is 293 g/mol. The average Bonchev–Trinajstić information content (AvgIpc) is 2.77. The molecule has 1 aromatic carbocycles. The number of rotatable bonds is 4. The SMILES string of the molecule is CCc1cc(F)c2c(c1)cc(C(C)(C)C)n2CC(O)CO. The Hall–Kier alpha value is -1.39. The first kappa shape index (κ1) is 16.0. The Morgan fingerprint density at radius 1 is 1.24 bits per heavy atom. The molecule has 0 saturated heterocycles. The van der Waals surface area contributed by atoms with Crippen LogP contribution in [0.1, 0.15) is 39.0 Å². The molecule has 2 N–H and O–H groups in total. The van der Waals surface area contributed by atoms with E-state index in [1.165, 1.54) is 0 Å². The summed E-state index contributed by atoms with van der Waals surface area (Å²) >= 11 is 0. The Labute approximate surface area is 125 Å². The predicted octanol–water partition coefficient (Wildman–Crippen LogP) is 2.99. The first-order valence-electron chi connectivity index (χ1n) is 7.39. The topological polar surface area (TPSA) is 45.4 Å². The van der Waals surface area contributed by atoms with Gasteiger partial charge in [0.2, 0.25) is 0 Å². The maximum atomic E-state index is 14.5. The van der Waals surface area contributed by atoms with Gasteiger partial charge in [0.05, 0.1) is 24.8 Å². The number of halogens is 1. The van der Waals surface area contributed by atoms with Crippen LogP contribution in [0.4, 0.5) is 4.39 Å². The van der Waals surface area contributed by atoms with Crippen LogP contribution in [0.3, 0.4) is 0 Å². The van der Waals surface area contributed by atoms with Crippen molar-refractivity contribution in [3.63, 3.8) is 0 Å². The van der Waals surface area contributed by atoms with Crippen molar-refractivity contribution in [1.29, 1.82) is 0 Å². The fourth-order valence-corrected chi connectivity index (χ4v) is 2.70. The number of hydrogen-bond donors (Lipinski definition) is 2. The molecule has 0 fully saturated rings. The summed E-state index contributed by atoms with van der Waals surface area (Å²) in [5.41, 5.74) is 2.25. The Bertz CT molecular complexity index is 640. The van der Waals surface area contributed by atoms with Gasteiger partial charge in [0.15, 0.2) is 0 Å². The van der Waals surface area contributed by atoms with Gasteiger partial charge in [-0.25, -0.2) is 4.39 Å². The molecule has 3 nitrogen and oxygen atoms in total. The fourth-order valence-electron chi connectivity index (χ4n) is 2.70. The first-order chi connectivity index (χ1) is 9.77. The molecule has 0 aliphatic heterocycles. The third kappa shape index (κ3) is 3.11. The van der Waals surface area contributed by atoms with E-state index in [1.54, 1.807) is 10.6 Å². The Morgan fingerprint density at radius 2 is 1.90 bits per heavy atom. The van der Waals surface area contributed by atoms with Crippen LogP contribution in [-0.2, 0) is 18.4 Å². The number of aryl methyl sites for hydroxylation is 1. The number of fused-ring (bicyclic) bond motifs is 1. The second-order valence-corrected chi connectivity index (χ2v) is 6.60. The van der Waals surface area contributed by atoms with Crippen LogP contribution in [0.5, 0.6) is 0 Å². The van der Waals surface area contributed by atoms with Crippen molar-refractivity contribution in [2.24, 2.45) is 0 Å². The maximum Gasteiger partial charge on any atom is 0.147 e. The van der Waals surface area contributed by atoms with Gasteiger partial charge in [0, 0.05) is 16.5 Å². The van der Waals surface area contributed by atoms with E-state index in [-0.39, 0.29) is 24.4 Å².